The molecule has 3 N–H and O–H groups in total. The molecule has 1 aliphatic heterocycles. The fourth-order valence-corrected chi connectivity index (χ4v) is 6.02. The van der Waals surface area contributed by atoms with E-state index in [0.29, 0.717) is 29.3 Å². The quantitative estimate of drug-likeness (QED) is 0.144. The maximum atomic E-state index is 13.8. The van der Waals surface area contributed by atoms with Crippen LogP contribution in [0.4, 0.5) is 26.1 Å². The molecule has 0 amide bonds. The average Bonchev–Trinajstić information content (AvgIpc) is 3.49. The summed E-state index contributed by atoms with van der Waals surface area (Å²) in [5, 5.41) is 28.4. The third-order valence-electron chi connectivity index (χ3n) is 7.12. The highest BCUT2D eigenvalue weighted by atomic mass is 32.2. The number of ether oxygens (including phenoxy) is 3. The number of aromatic nitrogens is 2. The molecule has 1 saturated heterocycles. The second kappa shape index (κ2) is 11.7. The number of benzene rings is 1. The fraction of sp³-hybridized carbons (Fsp3) is 0.615. The summed E-state index contributed by atoms with van der Waals surface area (Å²) in [7, 11) is 0. The normalized spacial score (nSPS) is 28.4. The number of nitrogens with one attached hydrogen (secondary N) is 2. The Morgan fingerprint density at radius 3 is 2.50 bits per heavy atom. The largest absolute Gasteiger partial charge is 0.394 e. The van der Waals surface area contributed by atoms with Crippen molar-refractivity contribution in [3.8, 4) is 0 Å². The van der Waals surface area contributed by atoms with E-state index in [1.54, 1.807) is 13.8 Å². The molecule has 0 unspecified atom stereocenters. The molecule has 14 heteroatoms. The lowest BCUT2D eigenvalue weighted by atomic mass is 10.1. The second-order valence-electron chi connectivity index (χ2n) is 10.6. The van der Waals surface area contributed by atoms with E-state index in [-0.39, 0.29) is 48.6 Å². The van der Waals surface area contributed by atoms with Crippen LogP contribution in [0.2, 0.25) is 0 Å². The molecule has 11 nitrogen and oxygen atoms in total. The third-order valence-corrected chi connectivity index (χ3v) is 8.18. The van der Waals surface area contributed by atoms with Crippen molar-refractivity contribution < 1.29 is 33.0 Å². The van der Waals surface area contributed by atoms with Crippen molar-refractivity contribution in [2.75, 3.05) is 29.6 Å². The Kier molecular flexibility index (Phi) is 8.43. The first-order valence-corrected chi connectivity index (χ1v) is 14.3. The molecule has 0 radical (unpaired) electrons. The van der Waals surface area contributed by atoms with Crippen molar-refractivity contribution in [1.29, 1.82) is 0 Å². The van der Waals surface area contributed by atoms with Crippen LogP contribution in [-0.2, 0) is 14.2 Å². The van der Waals surface area contributed by atoms with Crippen LogP contribution < -0.4 is 10.6 Å². The summed E-state index contributed by atoms with van der Waals surface area (Å²) < 4.78 is 45.2. The number of nitrogens with zero attached hydrogens (tertiary/aromatic N) is 3. The number of thioether (sulfide) groups is 1. The van der Waals surface area contributed by atoms with Crippen LogP contribution in [0.1, 0.15) is 51.5 Å². The van der Waals surface area contributed by atoms with Crippen LogP contribution in [0.15, 0.2) is 23.4 Å². The van der Waals surface area contributed by atoms with Crippen LogP contribution in [-0.4, -0.2) is 75.1 Å². The Labute approximate surface area is 234 Å². The number of anilines is 2. The van der Waals surface area contributed by atoms with E-state index >= 15 is 0 Å². The molecular formula is C26H33F2N5O6S. The summed E-state index contributed by atoms with van der Waals surface area (Å²) in [6.45, 7) is 5.58. The van der Waals surface area contributed by atoms with E-state index in [0.717, 1.165) is 18.6 Å². The molecule has 0 bridgehead atoms. The molecule has 2 saturated carbocycles. The number of fused-ring (bicyclic) bond motifs is 1. The molecule has 3 fully saturated rings. The van der Waals surface area contributed by atoms with Gasteiger partial charge in [0.25, 0.3) is 0 Å². The monoisotopic (exact) mass is 581 g/mol. The van der Waals surface area contributed by atoms with Gasteiger partial charge in [-0.3, -0.25) is 10.1 Å². The van der Waals surface area contributed by atoms with E-state index in [2.05, 4.69) is 20.6 Å². The van der Waals surface area contributed by atoms with Gasteiger partial charge in [-0.1, -0.05) is 24.8 Å². The lowest BCUT2D eigenvalue weighted by molar-refractivity contribution is -0.383. The second-order valence-corrected chi connectivity index (χ2v) is 11.7. The van der Waals surface area contributed by atoms with Gasteiger partial charge < -0.3 is 30.0 Å². The van der Waals surface area contributed by atoms with Crippen LogP contribution in [0.5, 0.6) is 0 Å². The van der Waals surface area contributed by atoms with Gasteiger partial charge in [0.1, 0.15) is 12.2 Å². The standard InChI is InChI=1S/C26H33F2N5O6S/c1-4-9-40-25-31-23(29-17-11-14(17)13-5-6-15(27)16(28)10-13)20(33(35)36)24(32-25)30-18-12-19(37-8-7-34)22-21(18)38-26(2,3)39-22/h5-6,10,14,17-19,21-22,34H,4,7-9,11-12H2,1-3H3,(H2,29,30,31,32)/t14-,17+,18+,19-,21-,22+/m0/s1. The van der Waals surface area contributed by atoms with Gasteiger partial charge in [0, 0.05) is 17.7 Å². The van der Waals surface area contributed by atoms with E-state index < -0.39 is 40.6 Å². The van der Waals surface area contributed by atoms with Gasteiger partial charge in [-0.05, 0) is 50.8 Å². The Morgan fingerprint density at radius 1 is 1.15 bits per heavy atom. The highest BCUT2D eigenvalue weighted by Crippen LogP contribution is 2.46. The van der Waals surface area contributed by atoms with Crippen molar-refractivity contribution >= 4 is 29.1 Å². The number of aliphatic hydroxyl groups is 1. The number of aliphatic hydroxyl groups excluding tert-OH is 1. The molecule has 2 aromatic rings. The number of hydrogen-bond donors (Lipinski definition) is 3. The van der Waals surface area contributed by atoms with Gasteiger partial charge in [0.05, 0.1) is 30.3 Å². The molecule has 3 aliphatic rings. The molecule has 0 spiro atoms. The first kappa shape index (κ1) is 28.9. The summed E-state index contributed by atoms with van der Waals surface area (Å²) in [6.07, 6.45) is 0.601. The van der Waals surface area contributed by atoms with Gasteiger partial charge in [-0.15, -0.1) is 0 Å². The van der Waals surface area contributed by atoms with Gasteiger partial charge in [0.15, 0.2) is 22.6 Å². The minimum atomic E-state index is -0.932. The van der Waals surface area contributed by atoms with Gasteiger partial charge in [-0.2, -0.15) is 9.97 Å². The molecule has 1 aromatic carbocycles. The molecule has 40 heavy (non-hydrogen) atoms. The minimum Gasteiger partial charge on any atom is -0.394 e. The van der Waals surface area contributed by atoms with Gasteiger partial charge in [0.2, 0.25) is 11.6 Å². The third kappa shape index (κ3) is 6.15. The summed E-state index contributed by atoms with van der Waals surface area (Å²) in [5.74, 6) is -2.05. The SMILES string of the molecule is CCCSc1nc(N[C@@H]2C[C@H](OCCO)[C@H]3OC(C)(C)O[C@H]32)c([N+](=O)[O-])c(N[C@@H]2C[C@H]2c2ccc(F)c(F)c2)n1. The fourth-order valence-electron chi connectivity index (χ4n) is 5.33. The molecular weight excluding hydrogens is 548 g/mol. The lowest BCUT2D eigenvalue weighted by Crippen LogP contribution is -2.35. The smallest absolute Gasteiger partial charge is 0.353 e. The Hall–Kier alpha value is -2.65. The number of nitro groups is 1. The zero-order valence-corrected chi connectivity index (χ0v) is 23.2. The van der Waals surface area contributed by atoms with Crippen molar-refractivity contribution in [3.05, 3.63) is 45.5 Å². The van der Waals surface area contributed by atoms with E-state index in [1.807, 2.05) is 6.92 Å². The predicted molar refractivity (Wildman–Crippen MR) is 144 cm³/mol. The maximum Gasteiger partial charge on any atom is 0.353 e. The van der Waals surface area contributed by atoms with Gasteiger partial charge >= 0.3 is 5.69 Å². The Balaban J connectivity index is 1.42. The van der Waals surface area contributed by atoms with Crippen LogP contribution in [0.3, 0.4) is 0 Å². The Bertz CT molecular complexity index is 1260. The van der Waals surface area contributed by atoms with E-state index in [9.17, 15) is 24.0 Å². The molecule has 218 valence electrons. The summed E-state index contributed by atoms with van der Waals surface area (Å²) in [6, 6.07) is 3.09. The topological polar surface area (TPSA) is 141 Å². The van der Waals surface area contributed by atoms with E-state index in [1.165, 1.54) is 17.8 Å². The van der Waals surface area contributed by atoms with Crippen LogP contribution >= 0.6 is 11.8 Å². The lowest BCUT2D eigenvalue weighted by Gasteiger charge is -2.24. The maximum absolute atomic E-state index is 13.8. The zero-order valence-electron chi connectivity index (χ0n) is 22.4. The van der Waals surface area contributed by atoms with Crippen molar-refractivity contribution in [2.45, 2.75) is 87.3 Å². The molecule has 1 aromatic heterocycles. The number of hydrogen-bond acceptors (Lipinski definition) is 11. The molecule has 2 aliphatic carbocycles. The first-order valence-electron chi connectivity index (χ1n) is 13.4. The highest BCUT2D eigenvalue weighted by Gasteiger charge is 2.55. The average molecular weight is 582 g/mol. The van der Waals surface area contributed by atoms with Crippen molar-refractivity contribution in [3.63, 3.8) is 0 Å². The van der Waals surface area contributed by atoms with Crippen LogP contribution in [0.25, 0.3) is 0 Å². The number of rotatable bonds is 12. The first-order chi connectivity index (χ1) is 19.1. The van der Waals surface area contributed by atoms with Crippen LogP contribution in [0, 0.1) is 21.7 Å². The van der Waals surface area contributed by atoms with Crippen molar-refractivity contribution in [1.82, 2.24) is 9.97 Å². The summed E-state index contributed by atoms with van der Waals surface area (Å²) in [5.41, 5.74) is 0.296. The molecule has 6 atom stereocenters. The zero-order chi connectivity index (χ0) is 28.6. The summed E-state index contributed by atoms with van der Waals surface area (Å²) >= 11 is 1.38. The molecule has 2 heterocycles. The Morgan fingerprint density at radius 2 is 1.85 bits per heavy atom. The summed E-state index contributed by atoms with van der Waals surface area (Å²) in [4.78, 5) is 20.8. The van der Waals surface area contributed by atoms with Crippen molar-refractivity contribution in [2.24, 2.45) is 0 Å². The van der Waals surface area contributed by atoms with E-state index in [4.69, 9.17) is 14.2 Å². The minimum absolute atomic E-state index is 0.0472. The number of halogens is 2. The van der Waals surface area contributed by atoms with Gasteiger partial charge in [-0.25, -0.2) is 8.78 Å². The highest BCUT2D eigenvalue weighted by molar-refractivity contribution is 7.99. The molecule has 5 rings (SSSR count). The predicted octanol–water partition coefficient (Wildman–Crippen LogP) is 4.21.